The van der Waals surface area contributed by atoms with Gasteiger partial charge in [-0.05, 0) is 36.8 Å². The summed E-state index contributed by atoms with van der Waals surface area (Å²) in [6, 6.07) is 17.1. The van der Waals surface area contributed by atoms with Crippen LogP contribution >= 0.6 is 11.3 Å². The van der Waals surface area contributed by atoms with Crippen molar-refractivity contribution in [2.24, 2.45) is 0 Å². The number of rotatable bonds is 9. The molecule has 0 atom stereocenters. The minimum atomic E-state index is -0.148. The van der Waals surface area contributed by atoms with E-state index in [0.29, 0.717) is 29.1 Å². The average molecular weight is 464 g/mol. The van der Waals surface area contributed by atoms with Crippen LogP contribution in [0.5, 0.6) is 11.5 Å². The lowest BCUT2D eigenvalue weighted by Crippen LogP contribution is -2.30. The van der Waals surface area contributed by atoms with Crippen molar-refractivity contribution in [3.05, 3.63) is 76.2 Å². The van der Waals surface area contributed by atoms with Gasteiger partial charge in [0.1, 0.15) is 22.9 Å². The zero-order chi connectivity index (χ0) is 23.2. The van der Waals surface area contributed by atoms with Gasteiger partial charge in [-0.15, -0.1) is 11.3 Å². The summed E-state index contributed by atoms with van der Waals surface area (Å²) in [5.41, 5.74) is 1.79. The smallest absolute Gasteiger partial charge is 0.262 e. The van der Waals surface area contributed by atoms with E-state index >= 15 is 0 Å². The summed E-state index contributed by atoms with van der Waals surface area (Å²) in [6.45, 7) is 2.98. The number of hydrogen-bond donors (Lipinski definition) is 1. The number of carbonyl (C=O) groups is 1. The van der Waals surface area contributed by atoms with Crippen LogP contribution in [0.3, 0.4) is 0 Å². The fourth-order valence-corrected chi connectivity index (χ4v) is 4.59. The Kier molecular flexibility index (Phi) is 7.04. The van der Waals surface area contributed by atoms with Gasteiger partial charge >= 0.3 is 0 Å². The second-order valence-electron chi connectivity index (χ2n) is 7.45. The molecule has 8 heteroatoms. The molecule has 33 heavy (non-hydrogen) atoms. The monoisotopic (exact) mass is 463 g/mol. The topological polar surface area (TPSA) is 82.4 Å². The van der Waals surface area contributed by atoms with Crippen LogP contribution in [0.25, 0.3) is 21.3 Å². The predicted molar refractivity (Wildman–Crippen MR) is 130 cm³/mol. The van der Waals surface area contributed by atoms with Crippen LogP contribution in [0.4, 0.5) is 0 Å². The van der Waals surface area contributed by atoms with Crippen LogP contribution in [-0.2, 0) is 11.3 Å². The summed E-state index contributed by atoms with van der Waals surface area (Å²) in [5, 5.41) is 3.43. The van der Waals surface area contributed by atoms with Crippen molar-refractivity contribution in [3.8, 4) is 22.6 Å². The first kappa shape index (κ1) is 22.5. The molecule has 0 radical (unpaired) electrons. The first-order valence-electron chi connectivity index (χ1n) is 10.6. The number of nitrogens with one attached hydrogen (secondary N) is 1. The number of fused-ring (bicyclic) bond motifs is 1. The fraction of sp³-hybridized carbons (Fsp3) is 0.240. The highest BCUT2D eigenvalue weighted by atomic mass is 32.1. The number of carbonyl (C=O) groups excluding carboxylic acids is 1. The molecule has 4 rings (SSSR count). The van der Waals surface area contributed by atoms with E-state index in [1.807, 2.05) is 61.5 Å². The molecule has 170 valence electrons. The van der Waals surface area contributed by atoms with Gasteiger partial charge in [0.15, 0.2) is 0 Å². The zero-order valence-corrected chi connectivity index (χ0v) is 19.4. The van der Waals surface area contributed by atoms with E-state index < -0.39 is 0 Å². The summed E-state index contributed by atoms with van der Waals surface area (Å²) in [5.74, 6) is 1.31. The molecule has 0 aliphatic carbocycles. The Labute approximate surface area is 195 Å². The minimum Gasteiger partial charge on any atom is -0.497 e. The maximum atomic E-state index is 13.2. The quantitative estimate of drug-likeness (QED) is 0.379. The van der Waals surface area contributed by atoms with Crippen molar-refractivity contribution < 1.29 is 14.3 Å². The molecule has 7 nitrogen and oxygen atoms in total. The third-order valence-electron chi connectivity index (χ3n) is 5.25. The summed E-state index contributed by atoms with van der Waals surface area (Å²) >= 11 is 1.51. The lowest BCUT2D eigenvalue weighted by atomic mass is 10.0. The molecule has 0 bridgehead atoms. The van der Waals surface area contributed by atoms with E-state index in [2.05, 4.69) is 10.3 Å². The van der Waals surface area contributed by atoms with E-state index in [1.165, 1.54) is 22.2 Å². The number of aromatic nitrogens is 2. The Bertz CT molecular complexity index is 1300. The van der Waals surface area contributed by atoms with Gasteiger partial charge in [0.05, 0.1) is 25.4 Å². The van der Waals surface area contributed by atoms with Crippen molar-refractivity contribution in [2.45, 2.75) is 19.9 Å². The van der Waals surface area contributed by atoms with Gasteiger partial charge < -0.3 is 14.8 Å². The van der Waals surface area contributed by atoms with Crippen LogP contribution in [0, 0.1) is 6.92 Å². The highest BCUT2D eigenvalue weighted by molar-refractivity contribution is 7.19. The standard InChI is InChI=1S/C25H25N3O4S/c1-17-22(18-6-4-3-5-7-18)23-24(33-17)27-16-28(25(23)30)14-12-21(29)26-13-15-32-20-10-8-19(31-2)9-11-20/h3-11,16H,12-15H2,1-2H3,(H,26,29). The van der Waals surface area contributed by atoms with Crippen LogP contribution in [0.15, 0.2) is 65.7 Å². The largest absolute Gasteiger partial charge is 0.497 e. The van der Waals surface area contributed by atoms with Crippen molar-refractivity contribution in [1.82, 2.24) is 14.9 Å². The molecule has 0 fully saturated rings. The molecule has 0 aliphatic heterocycles. The third kappa shape index (κ3) is 5.23. The van der Waals surface area contributed by atoms with Gasteiger partial charge in [-0.3, -0.25) is 14.2 Å². The molecule has 2 aromatic carbocycles. The molecule has 2 aromatic heterocycles. The molecule has 0 spiro atoms. The molecule has 0 saturated heterocycles. The van der Waals surface area contributed by atoms with Gasteiger partial charge in [-0.2, -0.15) is 0 Å². The van der Waals surface area contributed by atoms with E-state index in [9.17, 15) is 9.59 Å². The SMILES string of the molecule is COc1ccc(OCCNC(=O)CCn2cnc3sc(C)c(-c4ccccc4)c3c2=O)cc1. The van der Waals surface area contributed by atoms with E-state index in [-0.39, 0.29) is 24.4 Å². The normalized spacial score (nSPS) is 10.8. The Balaban J connectivity index is 1.35. The number of thiophene rings is 1. The van der Waals surface area contributed by atoms with E-state index in [0.717, 1.165) is 21.8 Å². The molecule has 1 amide bonds. The second-order valence-corrected chi connectivity index (χ2v) is 8.65. The van der Waals surface area contributed by atoms with Crippen molar-refractivity contribution >= 4 is 27.5 Å². The second kappa shape index (κ2) is 10.3. The van der Waals surface area contributed by atoms with Crippen molar-refractivity contribution in [1.29, 1.82) is 0 Å². The average Bonchev–Trinajstić information content (AvgIpc) is 3.19. The summed E-state index contributed by atoms with van der Waals surface area (Å²) in [7, 11) is 1.61. The number of nitrogens with zero attached hydrogens (tertiary/aromatic N) is 2. The number of aryl methyl sites for hydroxylation is 2. The van der Waals surface area contributed by atoms with E-state index in [1.54, 1.807) is 7.11 Å². The van der Waals surface area contributed by atoms with Crippen LogP contribution in [-0.4, -0.2) is 35.7 Å². The van der Waals surface area contributed by atoms with Crippen molar-refractivity contribution in [2.75, 3.05) is 20.3 Å². The van der Waals surface area contributed by atoms with Gasteiger partial charge in [0.2, 0.25) is 5.91 Å². The molecule has 1 N–H and O–H groups in total. The molecule has 0 saturated carbocycles. The van der Waals surface area contributed by atoms with Gasteiger partial charge in [0.25, 0.3) is 5.56 Å². The number of ether oxygens (including phenoxy) is 2. The summed E-state index contributed by atoms with van der Waals surface area (Å²) in [6.07, 6.45) is 1.70. The van der Waals surface area contributed by atoms with Crippen molar-refractivity contribution in [3.63, 3.8) is 0 Å². The van der Waals surface area contributed by atoms with Crippen LogP contribution in [0.2, 0.25) is 0 Å². The Morgan fingerprint density at radius 1 is 1.09 bits per heavy atom. The lowest BCUT2D eigenvalue weighted by molar-refractivity contribution is -0.121. The zero-order valence-electron chi connectivity index (χ0n) is 18.5. The minimum absolute atomic E-state index is 0.126. The van der Waals surface area contributed by atoms with Crippen LogP contribution in [0.1, 0.15) is 11.3 Å². The fourth-order valence-electron chi connectivity index (χ4n) is 3.59. The first-order chi connectivity index (χ1) is 16.1. The Hall–Kier alpha value is -3.65. The number of amides is 1. The van der Waals surface area contributed by atoms with E-state index in [4.69, 9.17) is 9.47 Å². The molecule has 2 heterocycles. The maximum Gasteiger partial charge on any atom is 0.262 e. The molecule has 4 aromatic rings. The number of hydrogen-bond acceptors (Lipinski definition) is 6. The molecular formula is C25H25N3O4S. The lowest BCUT2D eigenvalue weighted by Gasteiger charge is -2.09. The molecular weight excluding hydrogens is 438 g/mol. The summed E-state index contributed by atoms with van der Waals surface area (Å²) in [4.78, 5) is 31.7. The third-order valence-corrected chi connectivity index (χ3v) is 6.26. The maximum absolute atomic E-state index is 13.2. The number of methoxy groups -OCH3 is 1. The highest BCUT2D eigenvalue weighted by Gasteiger charge is 2.17. The Morgan fingerprint density at radius 3 is 2.55 bits per heavy atom. The van der Waals surface area contributed by atoms with Gasteiger partial charge in [0, 0.05) is 23.4 Å². The first-order valence-corrected chi connectivity index (χ1v) is 11.5. The Morgan fingerprint density at radius 2 is 1.82 bits per heavy atom. The van der Waals surface area contributed by atoms with Gasteiger partial charge in [-0.1, -0.05) is 30.3 Å². The molecule has 0 unspecified atom stereocenters. The van der Waals surface area contributed by atoms with Gasteiger partial charge in [-0.25, -0.2) is 4.98 Å². The molecule has 0 aliphatic rings. The summed E-state index contributed by atoms with van der Waals surface area (Å²) < 4.78 is 12.2. The predicted octanol–water partition coefficient (Wildman–Crippen LogP) is 4.03. The number of benzene rings is 2. The van der Waals surface area contributed by atoms with Crippen LogP contribution < -0.4 is 20.3 Å². The highest BCUT2D eigenvalue weighted by Crippen LogP contribution is 2.35.